The molecule has 2 fully saturated rings. The molecule has 1 saturated heterocycles. The molecule has 1 aliphatic heterocycles. The van der Waals surface area contributed by atoms with E-state index >= 15 is 0 Å². The largest absolute Gasteiger partial charge is 0.327 e. The Morgan fingerprint density at radius 3 is 2.79 bits per heavy atom. The summed E-state index contributed by atoms with van der Waals surface area (Å²) < 4.78 is 0. The maximum absolute atomic E-state index is 6.39. The van der Waals surface area contributed by atoms with Crippen molar-refractivity contribution in [1.29, 1.82) is 0 Å². The second-order valence-corrected chi connectivity index (χ2v) is 8.31. The van der Waals surface area contributed by atoms with Gasteiger partial charge < -0.3 is 10.6 Å². The highest BCUT2D eigenvalue weighted by atomic mass is 32.2. The van der Waals surface area contributed by atoms with E-state index in [1.165, 1.54) is 51.1 Å². The topological polar surface area (TPSA) is 29.3 Å². The normalized spacial score (nSPS) is 37.7. The molecule has 0 aromatic rings. The van der Waals surface area contributed by atoms with Gasteiger partial charge in [-0.2, -0.15) is 11.8 Å². The quantitative estimate of drug-likeness (QED) is 0.859. The van der Waals surface area contributed by atoms with Crippen LogP contribution in [0.25, 0.3) is 0 Å². The number of hydrogen-bond donors (Lipinski definition) is 1. The Morgan fingerprint density at radius 1 is 1.32 bits per heavy atom. The maximum Gasteiger partial charge on any atom is 0.0172 e. The molecular weight excluding hydrogens is 252 g/mol. The molecule has 0 radical (unpaired) electrons. The molecule has 0 spiro atoms. The van der Waals surface area contributed by atoms with Crippen molar-refractivity contribution in [1.82, 2.24) is 4.90 Å². The van der Waals surface area contributed by atoms with Crippen LogP contribution in [0.1, 0.15) is 46.5 Å². The van der Waals surface area contributed by atoms with E-state index in [1.807, 2.05) is 0 Å². The van der Waals surface area contributed by atoms with Crippen molar-refractivity contribution < 1.29 is 0 Å². The smallest absolute Gasteiger partial charge is 0.0172 e. The Labute approximate surface area is 123 Å². The van der Waals surface area contributed by atoms with Gasteiger partial charge in [-0.25, -0.2) is 0 Å². The predicted octanol–water partition coefficient (Wildman–Crippen LogP) is 3.21. The van der Waals surface area contributed by atoms with Crippen LogP contribution in [0.4, 0.5) is 0 Å². The fourth-order valence-corrected chi connectivity index (χ4v) is 4.91. The first-order chi connectivity index (χ1) is 9.10. The van der Waals surface area contributed by atoms with E-state index < -0.39 is 0 Å². The van der Waals surface area contributed by atoms with E-state index in [9.17, 15) is 0 Å². The fraction of sp³-hybridized carbons (Fsp3) is 1.00. The fourth-order valence-electron chi connectivity index (χ4n) is 3.66. The molecule has 4 unspecified atom stereocenters. The minimum absolute atomic E-state index is 0.449. The third-order valence-electron chi connectivity index (χ3n) is 5.20. The highest BCUT2D eigenvalue weighted by molar-refractivity contribution is 8.00. The minimum Gasteiger partial charge on any atom is -0.327 e. The lowest BCUT2D eigenvalue weighted by molar-refractivity contribution is 0.138. The van der Waals surface area contributed by atoms with Crippen molar-refractivity contribution in [2.24, 2.45) is 23.5 Å². The number of nitrogens with zero attached hydrogens (tertiary/aromatic N) is 1. The first-order valence-electron chi connectivity index (χ1n) is 8.19. The number of hydrogen-bond acceptors (Lipinski definition) is 3. The lowest BCUT2D eigenvalue weighted by Gasteiger charge is -2.40. The highest BCUT2D eigenvalue weighted by Crippen LogP contribution is 2.34. The molecule has 0 bridgehead atoms. The van der Waals surface area contributed by atoms with Gasteiger partial charge in [-0.1, -0.05) is 20.8 Å². The summed E-state index contributed by atoms with van der Waals surface area (Å²) in [5.74, 6) is 3.79. The summed E-state index contributed by atoms with van der Waals surface area (Å²) in [5, 5.41) is 0.856. The number of rotatable bonds is 4. The second-order valence-electron chi connectivity index (χ2n) is 6.90. The molecule has 2 rings (SSSR count). The van der Waals surface area contributed by atoms with E-state index in [0.29, 0.717) is 6.04 Å². The molecule has 2 N–H and O–H groups in total. The Balaban J connectivity index is 1.85. The predicted molar refractivity (Wildman–Crippen MR) is 86.6 cm³/mol. The maximum atomic E-state index is 6.39. The molecule has 1 saturated carbocycles. The Hall–Kier alpha value is 0.270. The summed E-state index contributed by atoms with van der Waals surface area (Å²) in [4.78, 5) is 2.69. The highest BCUT2D eigenvalue weighted by Gasteiger charge is 2.31. The molecule has 1 heterocycles. The molecule has 1 aliphatic carbocycles. The van der Waals surface area contributed by atoms with Gasteiger partial charge in [0.05, 0.1) is 0 Å². The zero-order valence-electron chi connectivity index (χ0n) is 13.0. The molecule has 0 aromatic heterocycles. The molecule has 112 valence electrons. The molecule has 2 nitrogen and oxygen atoms in total. The van der Waals surface area contributed by atoms with Gasteiger partial charge in [0.2, 0.25) is 0 Å². The van der Waals surface area contributed by atoms with Gasteiger partial charge in [0.15, 0.2) is 0 Å². The van der Waals surface area contributed by atoms with Crippen molar-refractivity contribution in [3.8, 4) is 0 Å². The monoisotopic (exact) mass is 284 g/mol. The Bertz CT molecular complexity index is 269. The van der Waals surface area contributed by atoms with E-state index in [4.69, 9.17) is 5.73 Å². The van der Waals surface area contributed by atoms with Crippen LogP contribution in [0, 0.1) is 17.8 Å². The number of thioether (sulfide) groups is 1. The Morgan fingerprint density at radius 2 is 2.11 bits per heavy atom. The molecule has 0 aromatic carbocycles. The average Bonchev–Trinajstić information content (AvgIpc) is 2.41. The molecular formula is C16H32N2S. The van der Waals surface area contributed by atoms with Gasteiger partial charge >= 0.3 is 0 Å². The standard InChI is InChI=1S/C16H32N2S/c1-4-15-11-18(7-8-19-15)10-14-9-13(12(2)3)5-6-16(14)17/h12-16H,4-11,17H2,1-3H3. The van der Waals surface area contributed by atoms with Crippen molar-refractivity contribution in [3.05, 3.63) is 0 Å². The first kappa shape index (κ1) is 15.7. The van der Waals surface area contributed by atoms with E-state index in [1.54, 1.807) is 0 Å². The van der Waals surface area contributed by atoms with E-state index in [0.717, 1.165) is 23.0 Å². The summed E-state index contributed by atoms with van der Waals surface area (Å²) in [7, 11) is 0. The van der Waals surface area contributed by atoms with Crippen molar-refractivity contribution >= 4 is 11.8 Å². The SMILES string of the molecule is CCC1CN(CC2CC(C(C)C)CCC2N)CCS1. The van der Waals surface area contributed by atoms with Crippen LogP contribution >= 0.6 is 11.8 Å². The van der Waals surface area contributed by atoms with E-state index in [-0.39, 0.29) is 0 Å². The van der Waals surface area contributed by atoms with Crippen molar-refractivity contribution in [2.45, 2.75) is 57.7 Å². The Kier molecular flexibility index (Phi) is 6.04. The zero-order chi connectivity index (χ0) is 13.8. The summed E-state index contributed by atoms with van der Waals surface area (Å²) in [6, 6.07) is 0.449. The zero-order valence-corrected chi connectivity index (χ0v) is 13.8. The van der Waals surface area contributed by atoms with Gasteiger partial charge in [-0.05, 0) is 43.4 Å². The molecule has 19 heavy (non-hydrogen) atoms. The molecule has 4 atom stereocenters. The lowest BCUT2D eigenvalue weighted by atomic mass is 9.73. The van der Waals surface area contributed by atoms with E-state index in [2.05, 4.69) is 37.4 Å². The van der Waals surface area contributed by atoms with Gasteiger partial charge in [0, 0.05) is 36.7 Å². The van der Waals surface area contributed by atoms with Crippen LogP contribution in [0.2, 0.25) is 0 Å². The summed E-state index contributed by atoms with van der Waals surface area (Å²) in [5.41, 5.74) is 6.39. The number of nitrogens with two attached hydrogens (primary N) is 1. The van der Waals surface area contributed by atoms with Crippen LogP contribution < -0.4 is 5.73 Å². The third kappa shape index (κ3) is 4.37. The molecule has 0 amide bonds. The van der Waals surface area contributed by atoms with Crippen LogP contribution in [0.15, 0.2) is 0 Å². The van der Waals surface area contributed by atoms with Gasteiger partial charge in [0.1, 0.15) is 0 Å². The first-order valence-corrected chi connectivity index (χ1v) is 9.24. The van der Waals surface area contributed by atoms with Gasteiger partial charge in [0.25, 0.3) is 0 Å². The average molecular weight is 285 g/mol. The van der Waals surface area contributed by atoms with Gasteiger partial charge in [-0.3, -0.25) is 0 Å². The van der Waals surface area contributed by atoms with Crippen molar-refractivity contribution in [3.63, 3.8) is 0 Å². The molecule has 2 aliphatic rings. The minimum atomic E-state index is 0.449. The van der Waals surface area contributed by atoms with Gasteiger partial charge in [-0.15, -0.1) is 0 Å². The van der Waals surface area contributed by atoms with Crippen molar-refractivity contribution in [2.75, 3.05) is 25.4 Å². The van der Waals surface area contributed by atoms with Crippen LogP contribution in [-0.4, -0.2) is 41.6 Å². The molecule has 3 heteroatoms. The summed E-state index contributed by atoms with van der Waals surface area (Å²) in [6.45, 7) is 10.9. The third-order valence-corrected chi connectivity index (χ3v) is 6.57. The summed E-state index contributed by atoms with van der Waals surface area (Å²) >= 11 is 2.16. The van der Waals surface area contributed by atoms with Crippen LogP contribution in [-0.2, 0) is 0 Å². The van der Waals surface area contributed by atoms with Crippen LogP contribution in [0.3, 0.4) is 0 Å². The summed E-state index contributed by atoms with van der Waals surface area (Å²) in [6.07, 6.45) is 5.27. The lowest BCUT2D eigenvalue weighted by Crippen LogP contribution is -2.47. The van der Waals surface area contributed by atoms with Crippen LogP contribution in [0.5, 0.6) is 0 Å². The second kappa shape index (κ2) is 7.33.